The number of aromatic nitrogens is 2. The molecule has 142 valence electrons. The van der Waals surface area contributed by atoms with Crippen molar-refractivity contribution in [3.63, 3.8) is 0 Å². The fourth-order valence-corrected chi connectivity index (χ4v) is 3.94. The average Bonchev–Trinajstić information content (AvgIpc) is 3.10. The summed E-state index contributed by atoms with van der Waals surface area (Å²) >= 11 is 0. The van der Waals surface area contributed by atoms with Gasteiger partial charge in [0.15, 0.2) is 0 Å². The molecule has 1 heterocycles. The van der Waals surface area contributed by atoms with Crippen LogP contribution in [0.5, 0.6) is 0 Å². The molecular formula is C18H26N4O3S. The van der Waals surface area contributed by atoms with Gasteiger partial charge in [-0.25, -0.2) is 13.1 Å². The molecule has 0 amide bonds. The molecule has 3 rings (SSSR count). The molecule has 0 bridgehead atoms. The number of sulfonamides is 1. The maximum absolute atomic E-state index is 11.5. The zero-order chi connectivity index (χ0) is 18.6. The molecule has 1 fully saturated rings. The molecule has 0 spiro atoms. The van der Waals surface area contributed by atoms with E-state index in [1.165, 1.54) is 0 Å². The van der Waals surface area contributed by atoms with Gasteiger partial charge in [-0.3, -0.25) is 0 Å². The number of hydrogen-bond donors (Lipinski definition) is 2. The zero-order valence-electron chi connectivity index (χ0n) is 15.2. The molecule has 0 radical (unpaired) electrons. The van der Waals surface area contributed by atoms with E-state index >= 15 is 0 Å². The summed E-state index contributed by atoms with van der Waals surface area (Å²) in [6, 6.07) is 8.66. The normalized spacial score (nSPS) is 20.8. The van der Waals surface area contributed by atoms with Crippen molar-refractivity contribution in [2.24, 2.45) is 5.92 Å². The first-order valence-electron chi connectivity index (χ1n) is 9.10. The molecule has 0 atom stereocenters. The molecule has 2 aromatic rings. The number of nitrogens with zero attached hydrogens (tertiary/aromatic N) is 2. The SMILES string of the molecule is CCS(=O)(=O)NCC1CCC(Nc2nc(-c3ccccc3C)no2)CC1. The number of rotatable bonds is 7. The zero-order valence-corrected chi connectivity index (χ0v) is 16.1. The van der Waals surface area contributed by atoms with E-state index in [-0.39, 0.29) is 11.8 Å². The molecule has 1 aromatic carbocycles. The first kappa shape index (κ1) is 18.8. The predicted molar refractivity (Wildman–Crippen MR) is 101 cm³/mol. The second kappa shape index (κ2) is 8.18. The van der Waals surface area contributed by atoms with Gasteiger partial charge in [-0.2, -0.15) is 4.98 Å². The van der Waals surface area contributed by atoms with Gasteiger partial charge in [0.05, 0.1) is 5.75 Å². The van der Waals surface area contributed by atoms with Crippen LogP contribution in [0, 0.1) is 12.8 Å². The van der Waals surface area contributed by atoms with Crippen molar-refractivity contribution in [3.8, 4) is 11.4 Å². The molecule has 7 nitrogen and oxygen atoms in total. The van der Waals surface area contributed by atoms with Crippen LogP contribution in [0.25, 0.3) is 11.4 Å². The minimum absolute atomic E-state index is 0.129. The Kier molecular flexibility index (Phi) is 5.93. The number of anilines is 1. The summed E-state index contributed by atoms with van der Waals surface area (Å²) in [6.07, 6.45) is 3.87. The van der Waals surface area contributed by atoms with Crippen LogP contribution in [0.3, 0.4) is 0 Å². The van der Waals surface area contributed by atoms with Crippen molar-refractivity contribution in [3.05, 3.63) is 29.8 Å². The van der Waals surface area contributed by atoms with Crippen LogP contribution in [0.4, 0.5) is 6.01 Å². The van der Waals surface area contributed by atoms with Crippen LogP contribution >= 0.6 is 0 Å². The van der Waals surface area contributed by atoms with E-state index < -0.39 is 10.0 Å². The highest BCUT2D eigenvalue weighted by Crippen LogP contribution is 2.27. The van der Waals surface area contributed by atoms with E-state index in [0.29, 0.717) is 24.3 Å². The van der Waals surface area contributed by atoms with E-state index in [1.807, 2.05) is 31.2 Å². The Morgan fingerprint density at radius 3 is 2.62 bits per heavy atom. The molecule has 1 aromatic heterocycles. The van der Waals surface area contributed by atoms with Crippen molar-refractivity contribution in [2.45, 2.75) is 45.6 Å². The van der Waals surface area contributed by atoms with E-state index in [1.54, 1.807) is 6.92 Å². The molecule has 1 saturated carbocycles. The monoisotopic (exact) mass is 378 g/mol. The van der Waals surface area contributed by atoms with Crippen molar-refractivity contribution < 1.29 is 12.9 Å². The van der Waals surface area contributed by atoms with Crippen LogP contribution in [-0.4, -0.2) is 36.9 Å². The van der Waals surface area contributed by atoms with E-state index in [9.17, 15) is 8.42 Å². The fraction of sp³-hybridized carbons (Fsp3) is 0.556. The van der Waals surface area contributed by atoms with Crippen LogP contribution in [0.1, 0.15) is 38.2 Å². The van der Waals surface area contributed by atoms with Gasteiger partial charge in [-0.1, -0.05) is 29.4 Å². The Morgan fingerprint density at radius 1 is 1.19 bits per heavy atom. The molecule has 1 aliphatic rings. The maximum atomic E-state index is 11.5. The third kappa shape index (κ3) is 4.82. The van der Waals surface area contributed by atoms with Crippen LogP contribution in [-0.2, 0) is 10.0 Å². The molecular weight excluding hydrogens is 352 g/mol. The summed E-state index contributed by atoms with van der Waals surface area (Å²) in [5, 5.41) is 7.38. The second-order valence-corrected chi connectivity index (χ2v) is 8.95. The van der Waals surface area contributed by atoms with Crippen LogP contribution in [0.2, 0.25) is 0 Å². The lowest BCUT2D eigenvalue weighted by Crippen LogP contribution is -2.34. The highest BCUT2D eigenvalue weighted by Gasteiger charge is 2.23. The third-order valence-electron chi connectivity index (χ3n) is 4.96. The summed E-state index contributed by atoms with van der Waals surface area (Å²) in [4.78, 5) is 4.45. The molecule has 26 heavy (non-hydrogen) atoms. The smallest absolute Gasteiger partial charge is 0.322 e. The van der Waals surface area contributed by atoms with Crippen LogP contribution < -0.4 is 10.0 Å². The van der Waals surface area contributed by atoms with Gasteiger partial charge in [0.2, 0.25) is 15.8 Å². The Bertz CT molecular complexity index is 826. The first-order chi connectivity index (χ1) is 12.5. The molecule has 0 unspecified atom stereocenters. The van der Waals surface area contributed by atoms with Crippen molar-refractivity contribution in [2.75, 3.05) is 17.6 Å². The Balaban J connectivity index is 1.50. The Morgan fingerprint density at radius 2 is 1.92 bits per heavy atom. The maximum Gasteiger partial charge on any atom is 0.322 e. The van der Waals surface area contributed by atoms with E-state index in [2.05, 4.69) is 20.2 Å². The van der Waals surface area contributed by atoms with Gasteiger partial charge in [0.25, 0.3) is 0 Å². The summed E-state index contributed by atoms with van der Waals surface area (Å²) in [5.41, 5.74) is 2.08. The van der Waals surface area contributed by atoms with Crippen molar-refractivity contribution in [1.82, 2.24) is 14.9 Å². The fourth-order valence-electron chi connectivity index (χ4n) is 3.25. The largest absolute Gasteiger partial charge is 0.335 e. The summed E-state index contributed by atoms with van der Waals surface area (Å²) in [5.74, 6) is 1.11. The Labute approximate surface area is 154 Å². The van der Waals surface area contributed by atoms with Gasteiger partial charge >= 0.3 is 6.01 Å². The number of nitrogens with one attached hydrogen (secondary N) is 2. The summed E-state index contributed by atoms with van der Waals surface area (Å²) in [6.45, 7) is 4.20. The topological polar surface area (TPSA) is 97.1 Å². The number of aryl methyl sites for hydroxylation is 1. The predicted octanol–water partition coefficient (Wildman–Crippen LogP) is 2.96. The Hall–Kier alpha value is -1.93. The van der Waals surface area contributed by atoms with Gasteiger partial charge in [0.1, 0.15) is 0 Å². The van der Waals surface area contributed by atoms with Crippen molar-refractivity contribution in [1.29, 1.82) is 0 Å². The number of hydrogen-bond acceptors (Lipinski definition) is 6. The van der Waals surface area contributed by atoms with Crippen LogP contribution in [0.15, 0.2) is 28.8 Å². The van der Waals surface area contributed by atoms with Gasteiger partial charge < -0.3 is 9.84 Å². The standard InChI is InChI=1S/C18H26N4O3S/c1-3-26(23,24)19-12-14-8-10-15(11-9-14)20-18-21-17(22-25-18)16-7-5-4-6-13(16)2/h4-7,14-15,19H,3,8-12H2,1-2H3,(H,20,21,22). The highest BCUT2D eigenvalue weighted by molar-refractivity contribution is 7.89. The average molecular weight is 378 g/mol. The third-order valence-corrected chi connectivity index (χ3v) is 6.32. The lowest BCUT2D eigenvalue weighted by Gasteiger charge is -2.28. The summed E-state index contributed by atoms with van der Waals surface area (Å²) in [7, 11) is -3.11. The molecule has 0 saturated heterocycles. The lowest BCUT2D eigenvalue weighted by molar-refractivity contribution is 0.330. The van der Waals surface area contributed by atoms with E-state index in [4.69, 9.17) is 4.52 Å². The quantitative estimate of drug-likeness (QED) is 0.769. The second-order valence-electron chi connectivity index (χ2n) is 6.85. The van der Waals surface area contributed by atoms with Crippen molar-refractivity contribution >= 4 is 16.0 Å². The van der Waals surface area contributed by atoms with E-state index in [0.717, 1.165) is 36.8 Å². The van der Waals surface area contributed by atoms with Gasteiger partial charge in [0, 0.05) is 18.2 Å². The number of benzene rings is 1. The highest BCUT2D eigenvalue weighted by atomic mass is 32.2. The molecule has 2 N–H and O–H groups in total. The lowest BCUT2D eigenvalue weighted by atomic mass is 9.86. The minimum atomic E-state index is -3.11. The summed E-state index contributed by atoms with van der Waals surface area (Å²) < 4.78 is 31.1. The van der Waals surface area contributed by atoms with Gasteiger partial charge in [-0.15, -0.1) is 0 Å². The first-order valence-corrected chi connectivity index (χ1v) is 10.8. The molecule has 8 heteroatoms. The molecule has 0 aliphatic heterocycles. The molecule has 1 aliphatic carbocycles. The minimum Gasteiger partial charge on any atom is -0.335 e. The van der Waals surface area contributed by atoms with Gasteiger partial charge in [-0.05, 0) is 51.0 Å².